The zero-order chi connectivity index (χ0) is 13.8. The number of aromatic nitrogens is 1. The van der Waals surface area contributed by atoms with E-state index in [1.54, 1.807) is 0 Å². The summed E-state index contributed by atoms with van der Waals surface area (Å²) in [6.07, 6.45) is 9.05. The smallest absolute Gasteiger partial charge is 0.106 e. The second kappa shape index (κ2) is 10.1. The van der Waals surface area contributed by atoms with Crippen molar-refractivity contribution in [2.24, 2.45) is 5.92 Å². The highest BCUT2D eigenvalue weighted by Crippen LogP contribution is 2.38. The van der Waals surface area contributed by atoms with Crippen LogP contribution in [0.2, 0.25) is 0 Å². The van der Waals surface area contributed by atoms with Gasteiger partial charge in [-0.05, 0) is 46.3 Å². The molecule has 1 N–H and O–H groups in total. The molecule has 3 rings (SSSR count). The number of hydrogen-bond acceptors (Lipinski definition) is 3. The minimum absolute atomic E-state index is 0. The minimum Gasteiger partial charge on any atom is -0.314 e. The summed E-state index contributed by atoms with van der Waals surface area (Å²) < 4.78 is 0.934. The Kier molecular flexibility index (Phi) is 9.25. The first-order valence-electron chi connectivity index (χ1n) is 7.91. The van der Waals surface area contributed by atoms with E-state index in [1.807, 2.05) is 0 Å². The molecule has 0 spiro atoms. The highest BCUT2D eigenvalue weighted by atomic mass is 79.9. The maximum absolute atomic E-state index is 4.46. The van der Waals surface area contributed by atoms with Crippen LogP contribution in [0.25, 0.3) is 0 Å². The molecular weight excluding hydrogens is 385 g/mol. The predicted octanol–water partition coefficient (Wildman–Crippen LogP) is 4.21. The van der Waals surface area contributed by atoms with E-state index < -0.39 is 0 Å². The summed E-state index contributed by atoms with van der Waals surface area (Å²) in [4.78, 5) is 7.14. The van der Waals surface area contributed by atoms with Gasteiger partial charge in [-0.2, -0.15) is 0 Å². The molecule has 1 saturated carbocycles. The molecule has 1 aromatic heterocycles. The Morgan fingerprint density at radius 3 is 2.36 bits per heavy atom. The molecule has 1 aliphatic carbocycles. The molecule has 0 aromatic carbocycles. The Morgan fingerprint density at radius 1 is 1.09 bits per heavy atom. The quantitative estimate of drug-likeness (QED) is 0.756. The topological polar surface area (TPSA) is 28.2 Å². The second-order valence-electron chi connectivity index (χ2n) is 6.04. The fourth-order valence-electron chi connectivity index (χ4n) is 3.75. The van der Waals surface area contributed by atoms with Gasteiger partial charge in [-0.15, -0.1) is 24.8 Å². The van der Waals surface area contributed by atoms with Crippen LogP contribution in [0.5, 0.6) is 0 Å². The number of pyridine rings is 1. The van der Waals surface area contributed by atoms with E-state index >= 15 is 0 Å². The van der Waals surface area contributed by atoms with Crippen LogP contribution in [0, 0.1) is 5.92 Å². The van der Waals surface area contributed by atoms with Gasteiger partial charge in [0, 0.05) is 38.4 Å². The summed E-state index contributed by atoms with van der Waals surface area (Å²) in [5, 5.41) is 3.47. The van der Waals surface area contributed by atoms with Crippen molar-refractivity contribution in [3.8, 4) is 0 Å². The number of nitrogens with one attached hydrogen (secondary N) is 1. The van der Waals surface area contributed by atoms with Gasteiger partial charge in [0.2, 0.25) is 0 Å². The molecule has 1 atom stereocenters. The lowest BCUT2D eigenvalue weighted by Crippen LogP contribution is -2.47. The summed E-state index contributed by atoms with van der Waals surface area (Å²) in [6, 6.07) is 4.92. The molecular formula is C16H26BrCl2N3. The zero-order valence-electron chi connectivity index (χ0n) is 12.8. The van der Waals surface area contributed by atoms with E-state index in [-0.39, 0.29) is 24.8 Å². The van der Waals surface area contributed by atoms with Crippen LogP contribution < -0.4 is 5.32 Å². The van der Waals surface area contributed by atoms with Crippen LogP contribution in [0.15, 0.2) is 22.9 Å². The van der Waals surface area contributed by atoms with Gasteiger partial charge in [-0.1, -0.05) is 25.3 Å². The van der Waals surface area contributed by atoms with Crippen LogP contribution in [0.1, 0.15) is 43.7 Å². The van der Waals surface area contributed by atoms with Crippen molar-refractivity contribution in [2.45, 2.75) is 38.1 Å². The number of rotatable bonds is 3. The Labute approximate surface area is 154 Å². The van der Waals surface area contributed by atoms with Crippen molar-refractivity contribution in [1.82, 2.24) is 15.2 Å². The summed E-state index contributed by atoms with van der Waals surface area (Å²) in [6.45, 7) is 4.56. The lowest BCUT2D eigenvalue weighted by atomic mass is 9.80. The summed E-state index contributed by atoms with van der Waals surface area (Å²) >= 11 is 3.45. The number of nitrogens with zero attached hydrogens (tertiary/aromatic N) is 2. The van der Waals surface area contributed by atoms with Crippen LogP contribution in [-0.4, -0.2) is 36.1 Å². The third-order valence-corrected chi connectivity index (χ3v) is 5.20. The molecule has 2 fully saturated rings. The van der Waals surface area contributed by atoms with Crippen molar-refractivity contribution in [3.05, 3.63) is 28.5 Å². The maximum atomic E-state index is 4.46. The Morgan fingerprint density at radius 2 is 1.77 bits per heavy atom. The Bertz CT molecular complexity index is 400. The van der Waals surface area contributed by atoms with Crippen LogP contribution in [0.4, 0.5) is 0 Å². The average Bonchev–Trinajstić information content (AvgIpc) is 2.52. The Balaban J connectivity index is 0.00000121. The first-order valence-corrected chi connectivity index (χ1v) is 8.70. The van der Waals surface area contributed by atoms with Gasteiger partial charge in [-0.3, -0.25) is 4.90 Å². The van der Waals surface area contributed by atoms with E-state index in [9.17, 15) is 0 Å². The molecule has 3 nitrogen and oxygen atoms in total. The highest BCUT2D eigenvalue weighted by Gasteiger charge is 2.30. The molecule has 1 aliphatic heterocycles. The van der Waals surface area contributed by atoms with E-state index in [2.05, 4.69) is 49.5 Å². The molecule has 0 amide bonds. The molecule has 0 unspecified atom stereocenters. The second-order valence-corrected chi connectivity index (χ2v) is 6.86. The van der Waals surface area contributed by atoms with Gasteiger partial charge in [0.1, 0.15) is 4.60 Å². The average molecular weight is 411 g/mol. The third kappa shape index (κ3) is 5.07. The predicted molar refractivity (Wildman–Crippen MR) is 100 cm³/mol. The van der Waals surface area contributed by atoms with Crippen LogP contribution in [-0.2, 0) is 0 Å². The van der Waals surface area contributed by atoms with Gasteiger partial charge < -0.3 is 5.32 Å². The molecule has 126 valence electrons. The van der Waals surface area contributed by atoms with Crippen molar-refractivity contribution in [1.29, 1.82) is 0 Å². The van der Waals surface area contributed by atoms with Gasteiger partial charge in [0.05, 0.1) is 0 Å². The van der Waals surface area contributed by atoms with Crippen molar-refractivity contribution in [2.75, 3.05) is 26.2 Å². The molecule has 6 heteroatoms. The largest absolute Gasteiger partial charge is 0.314 e. The molecule has 1 aromatic rings. The van der Waals surface area contributed by atoms with Crippen LogP contribution in [0.3, 0.4) is 0 Å². The summed E-state index contributed by atoms with van der Waals surface area (Å²) in [5.41, 5.74) is 1.40. The molecule has 0 bridgehead atoms. The van der Waals surface area contributed by atoms with Crippen molar-refractivity contribution in [3.63, 3.8) is 0 Å². The molecule has 2 aliphatic rings. The first kappa shape index (κ1) is 20.2. The fourth-order valence-corrected chi connectivity index (χ4v) is 3.99. The standard InChI is InChI=1S/C16H24BrN3.2ClH/c17-15-7-6-14(12-19-15)16(13-4-2-1-3-5-13)20-10-8-18-9-11-20;;/h6-7,12-13,16,18H,1-5,8-11H2;2*1H/t16-;;/m0../s1. The summed E-state index contributed by atoms with van der Waals surface area (Å²) in [5.74, 6) is 0.810. The van der Waals surface area contributed by atoms with E-state index in [0.717, 1.165) is 36.7 Å². The van der Waals surface area contributed by atoms with Gasteiger partial charge in [0.25, 0.3) is 0 Å². The molecule has 1 saturated heterocycles. The fraction of sp³-hybridized carbons (Fsp3) is 0.688. The summed E-state index contributed by atoms with van der Waals surface area (Å²) in [7, 11) is 0. The Hall–Kier alpha value is 0.130. The van der Waals surface area contributed by atoms with Gasteiger partial charge >= 0.3 is 0 Å². The lowest BCUT2D eigenvalue weighted by molar-refractivity contribution is 0.103. The van der Waals surface area contributed by atoms with Gasteiger partial charge in [-0.25, -0.2) is 4.98 Å². The van der Waals surface area contributed by atoms with E-state index in [4.69, 9.17) is 0 Å². The van der Waals surface area contributed by atoms with Gasteiger partial charge in [0.15, 0.2) is 0 Å². The monoisotopic (exact) mass is 409 g/mol. The molecule has 2 heterocycles. The lowest BCUT2D eigenvalue weighted by Gasteiger charge is -2.41. The molecule has 22 heavy (non-hydrogen) atoms. The molecule has 0 radical (unpaired) electrons. The first-order chi connectivity index (χ1) is 9.84. The number of halogens is 3. The number of piperazine rings is 1. The number of hydrogen-bond donors (Lipinski definition) is 1. The SMILES string of the molecule is Brc1ccc([C@H](C2CCCCC2)N2CCNCC2)cn1.Cl.Cl. The van der Waals surface area contributed by atoms with Crippen molar-refractivity contribution >= 4 is 40.7 Å². The normalized spacial score (nSPS) is 21.5. The van der Waals surface area contributed by atoms with E-state index in [0.29, 0.717) is 6.04 Å². The maximum Gasteiger partial charge on any atom is 0.106 e. The van der Waals surface area contributed by atoms with Crippen molar-refractivity contribution < 1.29 is 0 Å². The third-order valence-electron chi connectivity index (χ3n) is 4.73. The highest BCUT2D eigenvalue weighted by molar-refractivity contribution is 9.10. The van der Waals surface area contributed by atoms with E-state index in [1.165, 1.54) is 37.7 Å². The zero-order valence-corrected chi connectivity index (χ0v) is 16.1. The van der Waals surface area contributed by atoms with Crippen LogP contribution >= 0.6 is 40.7 Å². The minimum atomic E-state index is 0.